The minimum absolute atomic E-state index is 0.00243. The lowest BCUT2D eigenvalue weighted by molar-refractivity contribution is -0.384. The van der Waals surface area contributed by atoms with Gasteiger partial charge < -0.3 is 0 Å². The fourth-order valence-corrected chi connectivity index (χ4v) is 5.67. The van der Waals surface area contributed by atoms with Crippen molar-refractivity contribution < 1.29 is 9.72 Å². The maximum atomic E-state index is 13.2. The SMILES string of the molecule is O=C(CSc1nc2ccccc2s1)N1N=C(c2cccc([N+](=O)[O-])c2)CC1c1ccccc1. The lowest BCUT2D eigenvalue weighted by Gasteiger charge is -2.21. The van der Waals surface area contributed by atoms with E-state index in [0.717, 1.165) is 20.1 Å². The normalized spacial score (nSPS) is 15.6. The van der Waals surface area contributed by atoms with Crippen LogP contribution in [0.3, 0.4) is 0 Å². The van der Waals surface area contributed by atoms with E-state index in [9.17, 15) is 14.9 Å². The van der Waals surface area contributed by atoms with Gasteiger partial charge in [0.25, 0.3) is 11.6 Å². The molecule has 9 heteroatoms. The Bertz CT molecular complexity index is 1340. The molecule has 0 fully saturated rings. The minimum Gasteiger partial charge on any atom is -0.272 e. The molecule has 1 aromatic heterocycles. The van der Waals surface area contributed by atoms with E-state index in [0.29, 0.717) is 17.7 Å². The number of nitro benzene ring substituents is 1. The van der Waals surface area contributed by atoms with E-state index in [1.807, 2.05) is 54.6 Å². The molecular weight excluding hydrogens is 456 g/mol. The van der Waals surface area contributed by atoms with Crippen LogP contribution < -0.4 is 0 Å². The Morgan fingerprint density at radius 3 is 2.67 bits per heavy atom. The summed E-state index contributed by atoms with van der Waals surface area (Å²) >= 11 is 2.96. The largest absolute Gasteiger partial charge is 0.272 e. The van der Waals surface area contributed by atoms with Gasteiger partial charge in [-0.05, 0) is 17.7 Å². The van der Waals surface area contributed by atoms with Gasteiger partial charge in [0, 0.05) is 24.1 Å². The van der Waals surface area contributed by atoms with Gasteiger partial charge in [0.15, 0.2) is 4.34 Å². The third-order valence-corrected chi connectivity index (χ3v) is 7.50. The van der Waals surface area contributed by atoms with E-state index in [-0.39, 0.29) is 23.4 Å². The average Bonchev–Trinajstić information content (AvgIpc) is 3.48. The summed E-state index contributed by atoms with van der Waals surface area (Å²) in [6.45, 7) is 0. The lowest BCUT2D eigenvalue weighted by Crippen LogP contribution is -2.28. The molecular formula is C24H18N4O3S2. The molecule has 3 aromatic carbocycles. The molecule has 1 amide bonds. The summed E-state index contributed by atoms with van der Waals surface area (Å²) in [6.07, 6.45) is 0.489. The predicted molar refractivity (Wildman–Crippen MR) is 131 cm³/mol. The number of para-hydroxylation sites is 1. The molecule has 0 saturated carbocycles. The zero-order valence-electron chi connectivity index (χ0n) is 17.3. The van der Waals surface area contributed by atoms with Gasteiger partial charge in [0.2, 0.25) is 0 Å². The number of hydrogen-bond acceptors (Lipinski definition) is 7. The number of nitro groups is 1. The van der Waals surface area contributed by atoms with Crippen molar-refractivity contribution in [3.05, 3.63) is 100 Å². The van der Waals surface area contributed by atoms with Crippen molar-refractivity contribution >= 4 is 50.6 Å². The topological polar surface area (TPSA) is 88.7 Å². The minimum atomic E-state index is -0.425. The molecule has 0 bridgehead atoms. The number of nitrogens with zero attached hydrogens (tertiary/aromatic N) is 4. The van der Waals surface area contributed by atoms with Crippen LogP contribution in [0.4, 0.5) is 5.69 Å². The van der Waals surface area contributed by atoms with Gasteiger partial charge in [-0.2, -0.15) is 5.10 Å². The third kappa shape index (κ3) is 4.50. The first-order valence-electron chi connectivity index (χ1n) is 10.3. The Morgan fingerprint density at radius 2 is 1.88 bits per heavy atom. The van der Waals surface area contributed by atoms with Crippen LogP contribution in [0, 0.1) is 10.1 Å². The van der Waals surface area contributed by atoms with E-state index in [4.69, 9.17) is 0 Å². The number of rotatable bonds is 6. The van der Waals surface area contributed by atoms with Crippen molar-refractivity contribution in [2.45, 2.75) is 16.8 Å². The number of amides is 1. The van der Waals surface area contributed by atoms with Crippen molar-refractivity contribution in [3.8, 4) is 0 Å². The van der Waals surface area contributed by atoms with Gasteiger partial charge in [0.05, 0.1) is 32.6 Å². The van der Waals surface area contributed by atoms with Crippen molar-refractivity contribution in [1.29, 1.82) is 0 Å². The van der Waals surface area contributed by atoms with E-state index in [1.165, 1.54) is 28.9 Å². The smallest absolute Gasteiger partial charge is 0.270 e. The molecule has 0 radical (unpaired) electrons. The molecule has 0 saturated heterocycles. The fourth-order valence-electron chi connectivity index (χ4n) is 3.75. The second kappa shape index (κ2) is 9.13. The molecule has 2 heterocycles. The number of carbonyl (C=O) groups is 1. The summed E-state index contributed by atoms with van der Waals surface area (Å²) in [5.74, 6) is 0.0723. The summed E-state index contributed by atoms with van der Waals surface area (Å²) < 4.78 is 1.92. The number of non-ortho nitro benzene ring substituents is 1. The van der Waals surface area contributed by atoms with E-state index in [2.05, 4.69) is 10.1 Å². The van der Waals surface area contributed by atoms with Crippen LogP contribution in [0.1, 0.15) is 23.6 Å². The number of aromatic nitrogens is 1. The van der Waals surface area contributed by atoms with Crippen LogP contribution in [-0.2, 0) is 4.79 Å². The fraction of sp³-hybridized carbons (Fsp3) is 0.125. The van der Waals surface area contributed by atoms with Crippen LogP contribution in [0.15, 0.2) is 88.3 Å². The summed E-state index contributed by atoms with van der Waals surface area (Å²) in [5, 5.41) is 17.3. The molecule has 1 aliphatic rings. The highest BCUT2D eigenvalue weighted by molar-refractivity contribution is 8.01. The summed E-state index contributed by atoms with van der Waals surface area (Å²) in [7, 11) is 0. The number of hydrogen-bond donors (Lipinski definition) is 0. The van der Waals surface area contributed by atoms with Gasteiger partial charge in [-0.3, -0.25) is 14.9 Å². The second-order valence-corrected chi connectivity index (χ2v) is 9.71. The number of thiazole rings is 1. The van der Waals surface area contributed by atoms with Crippen LogP contribution >= 0.6 is 23.1 Å². The van der Waals surface area contributed by atoms with Gasteiger partial charge >= 0.3 is 0 Å². The summed E-state index contributed by atoms with van der Waals surface area (Å²) in [6, 6.07) is 23.7. The number of fused-ring (bicyclic) bond motifs is 1. The Morgan fingerprint density at radius 1 is 1.09 bits per heavy atom. The molecule has 1 unspecified atom stereocenters. The zero-order valence-corrected chi connectivity index (χ0v) is 19.0. The second-order valence-electron chi connectivity index (χ2n) is 7.46. The molecule has 164 valence electrons. The van der Waals surface area contributed by atoms with Crippen molar-refractivity contribution in [1.82, 2.24) is 9.99 Å². The molecule has 0 N–H and O–H groups in total. The number of benzene rings is 3. The Hall–Kier alpha value is -3.56. The molecule has 0 aliphatic carbocycles. The Balaban J connectivity index is 1.40. The van der Waals surface area contributed by atoms with E-state index >= 15 is 0 Å². The number of hydrazone groups is 1. The molecule has 0 spiro atoms. The highest BCUT2D eigenvalue weighted by atomic mass is 32.2. The first-order valence-corrected chi connectivity index (χ1v) is 12.1. The highest BCUT2D eigenvalue weighted by Gasteiger charge is 2.33. The maximum absolute atomic E-state index is 13.2. The highest BCUT2D eigenvalue weighted by Crippen LogP contribution is 2.35. The number of carbonyl (C=O) groups excluding carboxylic acids is 1. The van der Waals surface area contributed by atoms with Crippen LogP contribution in [0.25, 0.3) is 10.2 Å². The third-order valence-electron chi connectivity index (χ3n) is 5.33. The monoisotopic (exact) mass is 474 g/mol. The van der Waals surface area contributed by atoms with Crippen molar-refractivity contribution in [2.75, 3.05) is 5.75 Å². The van der Waals surface area contributed by atoms with Crippen LogP contribution in [0.5, 0.6) is 0 Å². The van der Waals surface area contributed by atoms with Gasteiger partial charge in [-0.1, -0.05) is 66.4 Å². The first kappa shape index (κ1) is 21.3. The van der Waals surface area contributed by atoms with E-state index < -0.39 is 4.92 Å². The Labute approximate surface area is 197 Å². The Kier molecular flexibility index (Phi) is 5.89. The molecule has 7 nitrogen and oxygen atoms in total. The van der Waals surface area contributed by atoms with Crippen LogP contribution in [-0.4, -0.2) is 32.3 Å². The predicted octanol–water partition coefficient (Wildman–Crippen LogP) is 5.67. The summed E-state index contributed by atoms with van der Waals surface area (Å²) in [5.41, 5.74) is 3.21. The van der Waals surface area contributed by atoms with Crippen LogP contribution in [0.2, 0.25) is 0 Å². The van der Waals surface area contributed by atoms with Crippen molar-refractivity contribution in [2.24, 2.45) is 5.10 Å². The zero-order chi connectivity index (χ0) is 22.8. The first-order chi connectivity index (χ1) is 16.1. The standard InChI is InChI=1S/C24H18N4O3S2/c29-23(15-32-24-25-19-11-4-5-12-22(19)33-24)27-21(16-7-2-1-3-8-16)14-20(26-27)17-9-6-10-18(13-17)28(30)31/h1-13,21H,14-15H2. The van der Waals surface area contributed by atoms with Gasteiger partial charge in [-0.25, -0.2) is 9.99 Å². The number of thioether (sulfide) groups is 1. The lowest BCUT2D eigenvalue weighted by atomic mass is 9.98. The van der Waals surface area contributed by atoms with Gasteiger partial charge in [-0.15, -0.1) is 11.3 Å². The van der Waals surface area contributed by atoms with Crippen molar-refractivity contribution in [3.63, 3.8) is 0 Å². The molecule has 1 aliphatic heterocycles. The average molecular weight is 475 g/mol. The molecule has 5 rings (SSSR count). The maximum Gasteiger partial charge on any atom is 0.270 e. The summed E-state index contributed by atoms with van der Waals surface area (Å²) in [4.78, 5) is 28.6. The van der Waals surface area contributed by atoms with E-state index in [1.54, 1.807) is 23.5 Å². The molecule has 33 heavy (non-hydrogen) atoms. The quantitative estimate of drug-likeness (QED) is 0.204. The van der Waals surface area contributed by atoms with Gasteiger partial charge in [0.1, 0.15) is 0 Å². The molecule has 4 aromatic rings. The molecule has 1 atom stereocenters.